The predicted octanol–water partition coefficient (Wildman–Crippen LogP) is 4.13. The second kappa shape index (κ2) is 6.16. The first kappa shape index (κ1) is 13.3. The van der Waals surface area contributed by atoms with Crippen molar-refractivity contribution in [3.8, 4) is 0 Å². The standard InChI is InChI=1S/C15H11ClFNO/c16-12-8-5-11(6-9-12)7-10-15(19)18-14-4-2-1-3-13(14)17/h1-10H,(H,18,19)/b10-7+. The minimum Gasteiger partial charge on any atom is -0.320 e. The van der Waals surface area contributed by atoms with Crippen LogP contribution in [0.2, 0.25) is 5.02 Å². The van der Waals surface area contributed by atoms with Gasteiger partial charge in [-0.1, -0.05) is 35.9 Å². The van der Waals surface area contributed by atoms with Crippen molar-refractivity contribution < 1.29 is 9.18 Å². The molecule has 4 heteroatoms. The van der Waals surface area contributed by atoms with Gasteiger partial charge in [-0.15, -0.1) is 0 Å². The Morgan fingerprint density at radius 2 is 1.79 bits per heavy atom. The molecule has 0 saturated heterocycles. The summed E-state index contributed by atoms with van der Waals surface area (Å²) in [5.41, 5.74) is 1.00. The van der Waals surface area contributed by atoms with Gasteiger partial charge in [0.15, 0.2) is 0 Å². The molecular formula is C15H11ClFNO. The molecule has 96 valence electrons. The molecule has 2 aromatic rings. The van der Waals surface area contributed by atoms with E-state index in [-0.39, 0.29) is 11.6 Å². The van der Waals surface area contributed by atoms with E-state index in [1.807, 2.05) is 0 Å². The number of hydrogen-bond acceptors (Lipinski definition) is 1. The molecule has 0 spiro atoms. The molecule has 0 radical (unpaired) electrons. The van der Waals surface area contributed by atoms with Crippen LogP contribution >= 0.6 is 11.6 Å². The Hall–Kier alpha value is -2.13. The van der Waals surface area contributed by atoms with Crippen LogP contribution in [0.25, 0.3) is 6.08 Å². The van der Waals surface area contributed by atoms with E-state index in [2.05, 4.69) is 5.32 Å². The highest BCUT2D eigenvalue weighted by Gasteiger charge is 2.02. The molecule has 1 amide bonds. The van der Waals surface area contributed by atoms with Crippen molar-refractivity contribution in [3.63, 3.8) is 0 Å². The second-order valence-corrected chi connectivity index (χ2v) is 4.29. The van der Waals surface area contributed by atoms with Gasteiger partial charge < -0.3 is 5.32 Å². The lowest BCUT2D eigenvalue weighted by molar-refractivity contribution is -0.111. The normalized spacial score (nSPS) is 10.6. The number of rotatable bonds is 3. The van der Waals surface area contributed by atoms with Gasteiger partial charge >= 0.3 is 0 Å². The van der Waals surface area contributed by atoms with Crippen LogP contribution in [-0.4, -0.2) is 5.91 Å². The first-order valence-corrected chi connectivity index (χ1v) is 6.02. The molecule has 0 bridgehead atoms. The van der Waals surface area contributed by atoms with Gasteiger partial charge in [-0.25, -0.2) is 4.39 Å². The highest BCUT2D eigenvalue weighted by Crippen LogP contribution is 2.13. The van der Waals surface area contributed by atoms with Gasteiger partial charge in [-0.2, -0.15) is 0 Å². The number of anilines is 1. The third kappa shape index (κ3) is 3.93. The molecule has 0 unspecified atom stereocenters. The van der Waals surface area contributed by atoms with E-state index >= 15 is 0 Å². The average molecular weight is 276 g/mol. The van der Waals surface area contributed by atoms with Gasteiger partial charge in [0.25, 0.3) is 0 Å². The van der Waals surface area contributed by atoms with E-state index in [1.165, 1.54) is 18.2 Å². The molecule has 0 heterocycles. The van der Waals surface area contributed by atoms with Gasteiger partial charge in [0.05, 0.1) is 5.69 Å². The zero-order valence-corrected chi connectivity index (χ0v) is 10.7. The largest absolute Gasteiger partial charge is 0.320 e. The fourth-order valence-corrected chi connectivity index (χ4v) is 1.61. The van der Waals surface area contributed by atoms with E-state index < -0.39 is 5.82 Å². The lowest BCUT2D eigenvalue weighted by atomic mass is 10.2. The maximum absolute atomic E-state index is 13.3. The Bertz CT molecular complexity index is 608. The highest BCUT2D eigenvalue weighted by atomic mass is 35.5. The molecule has 0 fully saturated rings. The van der Waals surface area contributed by atoms with Crippen LogP contribution in [0, 0.1) is 5.82 Å². The number of carbonyl (C=O) groups excluding carboxylic acids is 1. The third-order valence-corrected chi connectivity index (χ3v) is 2.68. The van der Waals surface area contributed by atoms with Crippen molar-refractivity contribution >= 4 is 29.3 Å². The van der Waals surface area contributed by atoms with Crippen LogP contribution in [0.5, 0.6) is 0 Å². The van der Waals surface area contributed by atoms with E-state index in [0.29, 0.717) is 5.02 Å². The molecule has 0 atom stereocenters. The van der Waals surface area contributed by atoms with Crippen LogP contribution in [0.3, 0.4) is 0 Å². The molecule has 0 aliphatic heterocycles. The smallest absolute Gasteiger partial charge is 0.248 e. The molecule has 2 rings (SSSR count). The van der Waals surface area contributed by atoms with Crippen LogP contribution in [0.4, 0.5) is 10.1 Å². The van der Waals surface area contributed by atoms with Crippen LogP contribution < -0.4 is 5.32 Å². The van der Waals surface area contributed by atoms with E-state index in [9.17, 15) is 9.18 Å². The predicted molar refractivity (Wildman–Crippen MR) is 75.5 cm³/mol. The summed E-state index contributed by atoms with van der Waals surface area (Å²) in [5.74, 6) is -0.851. The van der Waals surface area contributed by atoms with Crippen molar-refractivity contribution in [3.05, 3.63) is 71.0 Å². The fraction of sp³-hybridized carbons (Fsp3) is 0. The summed E-state index contributed by atoms with van der Waals surface area (Å²) < 4.78 is 13.3. The topological polar surface area (TPSA) is 29.1 Å². The summed E-state index contributed by atoms with van der Waals surface area (Å²) in [6.45, 7) is 0. The molecule has 2 aromatic carbocycles. The Morgan fingerprint density at radius 1 is 1.11 bits per heavy atom. The van der Waals surface area contributed by atoms with Crippen molar-refractivity contribution in [2.45, 2.75) is 0 Å². The summed E-state index contributed by atoms with van der Waals surface area (Å²) in [7, 11) is 0. The number of hydrogen-bond donors (Lipinski definition) is 1. The number of para-hydroxylation sites is 1. The number of nitrogens with one attached hydrogen (secondary N) is 1. The molecule has 0 saturated carbocycles. The highest BCUT2D eigenvalue weighted by molar-refractivity contribution is 6.30. The Kier molecular flexibility index (Phi) is 4.31. The van der Waals surface area contributed by atoms with Gasteiger partial charge in [0.2, 0.25) is 5.91 Å². The SMILES string of the molecule is O=C(/C=C/c1ccc(Cl)cc1)Nc1ccccc1F. The van der Waals surface area contributed by atoms with E-state index in [0.717, 1.165) is 5.56 Å². The zero-order valence-electron chi connectivity index (χ0n) is 9.94. The van der Waals surface area contributed by atoms with Crippen molar-refractivity contribution in [1.82, 2.24) is 0 Å². The van der Waals surface area contributed by atoms with Crippen molar-refractivity contribution in [2.24, 2.45) is 0 Å². The summed E-state index contributed by atoms with van der Waals surface area (Å²) in [5, 5.41) is 3.10. The maximum atomic E-state index is 13.3. The maximum Gasteiger partial charge on any atom is 0.248 e. The molecule has 0 aliphatic carbocycles. The minimum atomic E-state index is -0.462. The molecule has 0 aromatic heterocycles. The molecule has 19 heavy (non-hydrogen) atoms. The Morgan fingerprint density at radius 3 is 2.47 bits per heavy atom. The third-order valence-electron chi connectivity index (χ3n) is 2.43. The van der Waals surface area contributed by atoms with E-state index in [1.54, 1.807) is 42.5 Å². The van der Waals surface area contributed by atoms with Gasteiger partial charge in [0.1, 0.15) is 5.82 Å². The van der Waals surface area contributed by atoms with Crippen LogP contribution in [0.15, 0.2) is 54.6 Å². The van der Waals surface area contributed by atoms with Gasteiger partial charge in [-0.3, -0.25) is 4.79 Å². The molecular weight excluding hydrogens is 265 g/mol. The van der Waals surface area contributed by atoms with E-state index in [4.69, 9.17) is 11.6 Å². The number of halogens is 2. The minimum absolute atomic E-state index is 0.160. The van der Waals surface area contributed by atoms with Gasteiger partial charge in [-0.05, 0) is 35.9 Å². The Balaban J connectivity index is 2.02. The quantitative estimate of drug-likeness (QED) is 0.839. The first-order chi connectivity index (χ1) is 9.15. The monoisotopic (exact) mass is 275 g/mol. The summed E-state index contributed by atoms with van der Waals surface area (Å²) in [4.78, 5) is 11.6. The molecule has 1 N–H and O–H groups in total. The summed E-state index contributed by atoms with van der Waals surface area (Å²) in [6.07, 6.45) is 2.97. The Labute approximate surface area is 115 Å². The number of amides is 1. The van der Waals surface area contributed by atoms with Crippen molar-refractivity contribution in [2.75, 3.05) is 5.32 Å². The number of carbonyl (C=O) groups is 1. The first-order valence-electron chi connectivity index (χ1n) is 5.64. The lowest BCUT2D eigenvalue weighted by Gasteiger charge is -2.02. The lowest BCUT2D eigenvalue weighted by Crippen LogP contribution is -2.08. The van der Waals surface area contributed by atoms with Gasteiger partial charge in [0, 0.05) is 11.1 Å². The zero-order chi connectivity index (χ0) is 13.7. The molecule has 2 nitrogen and oxygen atoms in total. The summed E-state index contributed by atoms with van der Waals surface area (Å²) >= 11 is 5.75. The average Bonchev–Trinajstić information content (AvgIpc) is 2.41. The fourth-order valence-electron chi connectivity index (χ4n) is 1.48. The molecule has 0 aliphatic rings. The van der Waals surface area contributed by atoms with Crippen LogP contribution in [0.1, 0.15) is 5.56 Å². The summed E-state index contributed by atoms with van der Waals surface area (Å²) in [6, 6.07) is 13.1. The van der Waals surface area contributed by atoms with Crippen molar-refractivity contribution in [1.29, 1.82) is 0 Å². The number of benzene rings is 2. The second-order valence-electron chi connectivity index (χ2n) is 3.85. The van der Waals surface area contributed by atoms with Crippen LogP contribution in [-0.2, 0) is 4.79 Å².